The van der Waals surface area contributed by atoms with E-state index in [0.717, 1.165) is 45.6 Å². The predicted molar refractivity (Wildman–Crippen MR) is 493 cm³/mol. The van der Waals surface area contributed by atoms with Crippen LogP contribution in [0.5, 0.6) is 0 Å². The molecule has 0 saturated heterocycles. The summed E-state index contributed by atoms with van der Waals surface area (Å²) in [7, 11) is 3.83. The third-order valence-corrected chi connectivity index (χ3v) is 11.1. The first-order valence-electron chi connectivity index (χ1n) is 39.2. The fraction of sp³-hybridized carbons (Fsp3) is 0.500. The summed E-state index contributed by atoms with van der Waals surface area (Å²) in [5.41, 5.74) is 10.7. The average molecular weight is 1640 g/mol. The molecule has 14 rings (SSSR count). The highest BCUT2D eigenvalue weighted by Crippen LogP contribution is 2.01. The molecule has 14 aromatic heterocycles. The van der Waals surface area contributed by atoms with Crippen molar-refractivity contribution in [2.24, 2.45) is 14.1 Å². The number of hydrogen-bond donors (Lipinski definition) is 5. The van der Waals surface area contributed by atoms with E-state index in [1.807, 2.05) is 367 Å². The molecular weight excluding hydrogens is 1480 g/mol. The topological polar surface area (TPSA) is 309 Å². The van der Waals surface area contributed by atoms with E-state index in [4.69, 9.17) is 0 Å². The average Bonchev–Trinajstić information content (AvgIpc) is 4.71. The summed E-state index contributed by atoms with van der Waals surface area (Å²) in [5, 5.41) is 31.1. The van der Waals surface area contributed by atoms with E-state index < -0.39 is 0 Å². The summed E-state index contributed by atoms with van der Waals surface area (Å²) >= 11 is 6.17. The molecule has 14 heterocycles. The molecule has 644 valence electrons. The van der Waals surface area contributed by atoms with Gasteiger partial charge in [0.15, 0.2) is 0 Å². The van der Waals surface area contributed by atoms with E-state index in [1.54, 1.807) is 128 Å². The molecule has 0 radical (unpaired) electrons. The van der Waals surface area contributed by atoms with Crippen molar-refractivity contribution >= 4 is 45.9 Å². The SMILES string of the molecule is CC.CC.CC.CC.CC.CC.CC.CC.CC.CC.CC.CC.CC.CC.Cc1ccn[nH]1.Cc1ccno1.Cc1ccns1.Cc1ccon1.Cc1ccsn1.Cc1cn[nH]c1.Cc1cnc[nH]1.Cc1cnc[nH]1.Cc1cncs1.Cc1cnoc1.Cc1cnsc1.Cc1ncc[nH]1.Cn1cccn1.Cn1ccnc1. The van der Waals surface area contributed by atoms with Crippen LogP contribution in [0.3, 0.4) is 0 Å². The Hall–Kier alpha value is -9.38. The second-order valence-electron chi connectivity index (χ2n) is 16.6. The molecule has 0 aromatic carbocycles. The Morgan fingerprint density at radius 2 is 1.02 bits per heavy atom. The summed E-state index contributed by atoms with van der Waals surface area (Å²) in [6.45, 7) is 79.6. The number of rotatable bonds is 0. The summed E-state index contributed by atoms with van der Waals surface area (Å²) in [5.74, 6) is 1.82. The maximum Gasteiger partial charge on any atom is 0.133 e. The molecule has 0 saturated carbocycles. The maximum atomic E-state index is 4.58. The van der Waals surface area contributed by atoms with Crippen LogP contribution in [0.25, 0.3) is 0 Å². The van der Waals surface area contributed by atoms with Crippen LogP contribution in [0.15, 0.2) is 197 Å². The van der Waals surface area contributed by atoms with Gasteiger partial charge in [0.2, 0.25) is 0 Å². The van der Waals surface area contributed by atoms with E-state index in [9.17, 15) is 0 Å². The number of aromatic amines is 5. The van der Waals surface area contributed by atoms with Gasteiger partial charge < -0.3 is 33.1 Å². The second kappa shape index (κ2) is 131. The molecule has 0 unspecified atom stereocenters. The largest absolute Gasteiger partial charge is 0.365 e. The monoisotopic (exact) mass is 1640 g/mol. The number of imidazole rings is 4. The van der Waals surface area contributed by atoms with Crippen LogP contribution >= 0.6 is 45.9 Å². The van der Waals surface area contributed by atoms with E-state index in [2.05, 4.69) is 108 Å². The van der Waals surface area contributed by atoms with Gasteiger partial charge in [-0.1, -0.05) is 209 Å². The summed E-state index contributed by atoms with van der Waals surface area (Å²) in [4.78, 5) is 30.2. The Morgan fingerprint density at radius 3 is 1.13 bits per heavy atom. The van der Waals surface area contributed by atoms with Crippen molar-refractivity contribution in [3.63, 3.8) is 0 Å². The van der Waals surface area contributed by atoms with Crippen molar-refractivity contribution in [2.45, 2.75) is 277 Å². The molecule has 0 spiro atoms. The van der Waals surface area contributed by atoms with Crippen molar-refractivity contribution in [3.8, 4) is 0 Å². The molecule has 0 aliphatic carbocycles. The lowest BCUT2D eigenvalue weighted by Gasteiger charge is -1.77. The van der Waals surface area contributed by atoms with Gasteiger partial charge in [-0.3, -0.25) is 19.9 Å². The summed E-state index contributed by atoms with van der Waals surface area (Å²) in [6.07, 6.45) is 36.7. The third-order valence-electron chi connectivity index (χ3n) is 8.39. The molecule has 0 bridgehead atoms. The van der Waals surface area contributed by atoms with Crippen LogP contribution in [-0.2, 0) is 14.1 Å². The van der Waals surface area contributed by atoms with Crippen molar-refractivity contribution in [2.75, 3.05) is 0 Å². The molecule has 5 N–H and O–H groups in total. The molecule has 28 heteroatoms. The minimum atomic E-state index is 0.856. The Labute approximate surface area is 699 Å². The number of nitrogens with zero attached hydrogens (tertiary/aromatic N) is 16. The van der Waals surface area contributed by atoms with Crippen LogP contribution < -0.4 is 0 Å². The van der Waals surface area contributed by atoms with Crippen molar-refractivity contribution < 1.29 is 13.6 Å². The highest BCUT2D eigenvalue weighted by molar-refractivity contribution is 7.09. The number of nitrogens with one attached hydrogen (secondary N) is 5. The first-order chi connectivity index (χ1) is 54.5. The fourth-order valence-electron chi connectivity index (χ4n) is 4.21. The normalized spacial score (nSPS) is 7.38. The van der Waals surface area contributed by atoms with Gasteiger partial charge in [-0.25, -0.2) is 28.7 Å². The number of thiazole rings is 1. The van der Waals surface area contributed by atoms with Gasteiger partial charge in [-0.15, -0.1) is 11.3 Å². The smallest absolute Gasteiger partial charge is 0.133 e. The highest BCUT2D eigenvalue weighted by Gasteiger charge is 1.83. The van der Waals surface area contributed by atoms with Crippen LogP contribution in [0.1, 0.15) is 260 Å². The van der Waals surface area contributed by atoms with Gasteiger partial charge in [0.05, 0.1) is 54.5 Å². The number of aromatic nitrogens is 21. The molecule has 0 aliphatic heterocycles. The van der Waals surface area contributed by atoms with Crippen molar-refractivity contribution in [1.29, 1.82) is 0 Å². The third kappa shape index (κ3) is 127. The van der Waals surface area contributed by atoms with Gasteiger partial charge in [0.1, 0.15) is 24.1 Å². The van der Waals surface area contributed by atoms with Gasteiger partial charge >= 0.3 is 0 Å². The zero-order valence-electron chi connectivity index (χ0n) is 77.8. The predicted octanol–water partition coefficient (Wildman–Crippen LogP) is 27.6. The molecule has 0 fully saturated rings. The van der Waals surface area contributed by atoms with Gasteiger partial charge in [0, 0.05) is 150 Å². The van der Waals surface area contributed by atoms with E-state index in [1.165, 1.54) is 55.5 Å². The van der Waals surface area contributed by atoms with Gasteiger partial charge in [-0.05, 0) is 153 Å². The molecule has 0 aliphatic rings. The van der Waals surface area contributed by atoms with E-state index in [-0.39, 0.29) is 0 Å². The Morgan fingerprint density at radius 1 is 0.438 bits per heavy atom. The number of H-pyrrole nitrogens is 5. The van der Waals surface area contributed by atoms with Crippen LogP contribution in [0, 0.1) is 83.1 Å². The molecule has 112 heavy (non-hydrogen) atoms. The minimum Gasteiger partial charge on any atom is -0.365 e. The Bertz CT molecular complexity index is 2430. The van der Waals surface area contributed by atoms with Crippen LogP contribution in [0.4, 0.5) is 0 Å². The molecule has 0 atom stereocenters. The lowest BCUT2D eigenvalue weighted by molar-refractivity contribution is 0.397. The summed E-state index contributed by atoms with van der Waals surface area (Å²) in [6, 6.07) is 11.4. The molecular formula is C84H161N21O3S4. The Kier molecular flexibility index (Phi) is 158. The lowest BCUT2D eigenvalue weighted by atomic mass is 10.4. The van der Waals surface area contributed by atoms with Gasteiger partial charge in [0.25, 0.3) is 0 Å². The van der Waals surface area contributed by atoms with Gasteiger partial charge in [-0.2, -0.15) is 19.7 Å². The zero-order valence-corrected chi connectivity index (χ0v) is 81.1. The first-order valence-corrected chi connectivity index (χ1v) is 42.5. The Balaban J connectivity index is -0.0000000751. The number of hydrogen-bond acceptors (Lipinski definition) is 21. The quantitative estimate of drug-likeness (QED) is 0.0942. The van der Waals surface area contributed by atoms with E-state index in [0.29, 0.717) is 0 Å². The van der Waals surface area contributed by atoms with Crippen molar-refractivity contribution in [3.05, 3.63) is 250 Å². The zero-order chi connectivity index (χ0) is 89.7. The highest BCUT2D eigenvalue weighted by atomic mass is 32.1. The van der Waals surface area contributed by atoms with E-state index >= 15 is 0 Å². The molecule has 24 nitrogen and oxygen atoms in total. The maximum absolute atomic E-state index is 4.58. The first kappa shape index (κ1) is 135. The molecule has 0 amide bonds. The lowest BCUT2D eigenvalue weighted by Crippen LogP contribution is -1.83. The molecule has 14 aromatic rings. The van der Waals surface area contributed by atoms with Crippen molar-refractivity contribution in [1.82, 2.24) is 103 Å². The van der Waals surface area contributed by atoms with Crippen LogP contribution in [-0.4, -0.2) is 103 Å². The summed E-state index contributed by atoms with van der Waals surface area (Å²) < 4.78 is 28.8. The minimum absolute atomic E-state index is 0.856. The fourth-order valence-corrected chi connectivity index (χ4v) is 6.09. The number of aryl methyl sites for hydroxylation is 14. The second-order valence-corrected chi connectivity index (χ2v) is 20.1. The standard InChI is InChI=1S/7C4H6N2.3C4H5NO.4C4H5NS.14C2H6/c2*1-4-2-5-3-6-4;1-4-2-5-6-3-4;1-6-3-2-5-4-6;1-6-4-2-3-5-6;1-4-5-2-3-6-4;1-4-2-3-5-6-4;1-4-2-5-6-3-4;1-4-2-3-6-5-4;1-4-2-3-5-6-4;1-4-2-5-3-6-4;1-4-2-5-6-3-4;1-4-2-3-6-5-4;1-4-2-3-5-6-4;14*1-2/h3*2-3H,1H3,(H,5,6);2*2-4H,1H3;2*2-3H,1H3,(H,5,6);7*2-3H,1H3;14*1-2H3. The van der Waals surface area contributed by atoms with Crippen LogP contribution in [0.2, 0.25) is 0 Å².